The van der Waals surface area contributed by atoms with Gasteiger partial charge in [0.2, 0.25) is 0 Å². The summed E-state index contributed by atoms with van der Waals surface area (Å²) in [6.07, 6.45) is 3.97. The minimum atomic E-state index is 0.427. The smallest absolute Gasteiger partial charge is 0.00474 e. The number of hydrogen-bond acceptors (Lipinski definition) is 2. The van der Waals surface area contributed by atoms with Gasteiger partial charge in [0.25, 0.3) is 0 Å². The lowest BCUT2D eigenvalue weighted by molar-refractivity contribution is 0.0856. The summed E-state index contributed by atoms with van der Waals surface area (Å²) < 4.78 is 0. The van der Waals surface area contributed by atoms with Crippen molar-refractivity contribution in [2.45, 2.75) is 60.8 Å². The van der Waals surface area contributed by atoms with E-state index >= 15 is 0 Å². The van der Waals surface area contributed by atoms with E-state index in [0.29, 0.717) is 10.8 Å². The molecule has 19 heavy (non-hydrogen) atoms. The van der Waals surface area contributed by atoms with E-state index in [0.717, 1.165) is 19.0 Å². The zero-order valence-electron chi connectivity index (χ0n) is 14.2. The number of piperidine rings is 1. The van der Waals surface area contributed by atoms with E-state index in [-0.39, 0.29) is 0 Å². The quantitative estimate of drug-likeness (QED) is 0.756. The van der Waals surface area contributed by atoms with Crippen LogP contribution in [0.5, 0.6) is 0 Å². The fourth-order valence-electron chi connectivity index (χ4n) is 2.81. The first-order valence-corrected chi connectivity index (χ1v) is 8.19. The Morgan fingerprint density at radius 2 is 1.79 bits per heavy atom. The van der Waals surface area contributed by atoms with Gasteiger partial charge in [0, 0.05) is 13.1 Å². The molecule has 1 aliphatic rings. The van der Waals surface area contributed by atoms with Crippen LogP contribution >= 0.6 is 0 Å². The molecular formula is C17H36N2. The van der Waals surface area contributed by atoms with E-state index < -0.39 is 0 Å². The standard InChI is InChI=1S/C17H36N2/c1-7-17(6,13-18-12-15(2)3)14-19-10-8-16(4,5)9-11-19/h15,18H,7-14H2,1-6H3. The molecule has 0 spiro atoms. The molecule has 1 fully saturated rings. The molecule has 0 aromatic carbocycles. The van der Waals surface area contributed by atoms with Crippen molar-refractivity contribution in [3.8, 4) is 0 Å². The van der Waals surface area contributed by atoms with Crippen LogP contribution in [0.2, 0.25) is 0 Å². The third-order valence-corrected chi connectivity index (χ3v) is 4.77. The summed E-state index contributed by atoms with van der Waals surface area (Å²) in [7, 11) is 0. The molecule has 114 valence electrons. The van der Waals surface area contributed by atoms with E-state index in [9.17, 15) is 0 Å². The third-order valence-electron chi connectivity index (χ3n) is 4.77. The summed E-state index contributed by atoms with van der Waals surface area (Å²) in [6.45, 7) is 20.3. The lowest BCUT2D eigenvalue weighted by Crippen LogP contribution is -2.46. The van der Waals surface area contributed by atoms with Crippen LogP contribution in [0.1, 0.15) is 60.8 Å². The van der Waals surface area contributed by atoms with Crippen molar-refractivity contribution in [2.24, 2.45) is 16.7 Å². The molecule has 2 heteroatoms. The summed E-state index contributed by atoms with van der Waals surface area (Å²) in [5.74, 6) is 0.747. The van der Waals surface area contributed by atoms with Gasteiger partial charge in [-0.3, -0.25) is 0 Å². The average Bonchev–Trinajstić information content (AvgIpc) is 2.32. The molecule has 1 unspecified atom stereocenters. The fraction of sp³-hybridized carbons (Fsp3) is 1.00. The SMILES string of the molecule is CCC(C)(CNCC(C)C)CN1CCC(C)(C)CC1. The fourth-order valence-corrected chi connectivity index (χ4v) is 2.81. The molecular weight excluding hydrogens is 232 g/mol. The number of hydrogen-bond donors (Lipinski definition) is 1. The first-order valence-electron chi connectivity index (χ1n) is 8.19. The van der Waals surface area contributed by atoms with Gasteiger partial charge in [-0.1, -0.05) is 41.5 Å². The minimum Gasteiger partial charge on any atom is -0.316 e. The highest BCUT2D eigenvalue weighted by molar-refractivity contribution is 4.84. The van der Waals surface area contributed by atoms with E-state index in [1.165, 1.54) is 38.9 Å². The second kappa shape index (κ2) is 7.08. The van der Waals surface area contributed by atoms with Gasteiger partial charge >= 0.3 is 0 Å². The highest BCUT2D eigenvalue weighted by atomic mass is 15.1. The van der Waals surface area contributed by atoms with Crippen LogP contribution in [0.4, 0.5) is 0 Å². The van der Waals surface area contributed by atoms with Crippen LogP contribution in [-0.4, -0.2) is 37.6 Å². The molecule has 1 N–H and O–H groups in total. The number of likely N-dealkylation sites (tertiary alicyclic amines) is 1. The van der Waals surface area contributed by atoms with Gasteiger partial charge in [-0.25, -0.2) is 0 Å². The second-order valence-corrected chi connectivity index (χ2v) is 8.13. The summed E-state index contributed by atoms with van der Waals surface area (Å²) in [6, 6.07) is 0. The highest BCUT2D eigenvalue weighted by Crippen LogP contribution is 2.32. The first-order chi connectivity index (χ1) is 8.76. The van der Waals surface area contributed by atoms with Crippen LogP contribution in [0.15, 0.2) is 0 Å². The predicted octanol–water partition coefficient (Wildman–Crippen LogP) is 3.77. The van der Waals surface area contributed by atoms with Gasteiger partial charge in [-0.05, 0) is 55.6 Å². The Kier molecular flexibility index (Phi) is 6.32. The van der Waals surface area contributed by atoms with E-state index in [4.69, 9.17) is 0 Å². The largest absolute Gasteiger partial charge is 0.316 e. The van der Waals surface area contributed by atoms with Crippen LogP contribution < -0.4 is 5.32 Å². The molecule has 0 amide bonds. The monoisotopic (exact) mass is 268 g/mol. The molecule has 1 rings (SSSR count). The van der Waals surface area contributed by atoms with E-state index in [1.54, 1.807) is 0 Å². The second-order valence-electron chi connectivity index (χ2n) is 8.13. The van der Waals surface area contributed by atoms with Crippen molar-refractivity contribution in [3.63, 3.8) is 0 Å². The molecule has 0 aliphatic carbocycles. The number of rotatable bonds is 7. The van der Waals surface area contributed by atoms with Crippen LogP contribution in [-0.2, 0) is 0 Å². The van der Waals surface area contributed by atoms with Gasteiger partial charge in [0.05, 0.1) is 0 Å². The molecule has 0 radical (unpaired) electrons. The van der Waals surface area contributed by atoms with Gasteiger partial charge in [0.1, 0.15) is 0 Å². The van der Waals surface area contributed by atoms with Crippen LogP contribution in [0.25, 0.3) is 0 Å². The molecule has 1 atom stereocenters. The lowest BCUT2D eigenvalue weighted by atomic mass is 9.80. The lowest BCUT2D eigenvalue weighted by Gasteiger charge is -2.41. The molecule has 0 bridgehead atoms. The minimum absolute atomic E-state index is 0.427. The summed E-state index contributed by atoms with van der Waals surface area (Å²) in [5, 5.41) is 3.66. The van der Waals surface area contributed by atoms with Crippen LogP contribution in [0, 0.1) is 16.7 Å². The van der Waals surface area contributed by atoms with Crippen molar-refractivity contribution < 1.29 is 0 Å². The predicted molar refractivity (Wildman–Crippen MR) is 85.6 cm³/mol. The molecule has 1 heterocycles. The summed E-state index contributed by atoms with van der Waals surface area (Å²) in [5.41, 5.74) is 0.991. The number of nitrogens with zero attached hydrogens (tertiary/aromatic N) is 1. The number of nitrogens with one attached hydrogen (secondary N) is 1. The third kappa shape index (κ3) is 6.27. The Hall–Kier alpha value is -0.0800. The normalized spacial score (nSPS) is 23.5. The maximum absolute atomic E-state index is 3.66. The summed E-state index contributed by atoms with van der Waals surface area (Å²) >= 11 is 0. The first kappa shape index (κ1) is 17.0. The zero-order valence-corrected chi connectivity index (χ0v) is 14.2. The van der Waals surface area contributed by atoms with Crippen molar-refractivity contribution in [2.75, 3.05) is 32.7 Å². The van der Waals surface area contributed by atoms with Gasteiger partial charge in [-0.15, -0.1) is 0 Å². The van der Waals surface area contributed by atoms with Gasteiger partial charge in [-0.2, -0.15) is 0 Å². The highest BCUT2D eigenvalue weighted by Gasteiger charge is 2.30. The van der Waals surface area contributed by atoms with Gasteiger partial charge < -0.3 is 10.2 Å². The molecule has 1 saturated heterocycles. The Balaban J connectivity index is 2.38. The van der Waals surface area contributed by atoms with Gasteiger partial charge in [0.15, 0.2) is 0 Å². The summed E-state index contributed by atoms with van der Waals surface area (Å²) in [4.78, 5) is 2.69. The molecule has 2 nitrogen and oxygen atoms in total. The van der Waals surface area contributed by atoms with Crippen LogP contribution in [0.3, 0.4) is 0 Å². The Bertz CT molecular complexity index is 250. The molecule has 1 aliphatic heterocycles. The van der Waals surface area contributed by atoms with E-state index in [1.807, 2.05) is 0 Å². The van der Waals surface area contributed by atoms with Crippen molar-refractivity contribution in [3.05, 3.63) is 0 Å². The topological polar surface area (TPSA) is 15.3 Å². The molecule has 0 saturated carbocycles. The Morgan fingerprint density at radius 3 is 2.26 bits per heavy atom. The zero-order chi connectivity index (χ0) is 14.5. The Morgan fingerprint density at radius 1 is 1.21 bits per heavy atom. The van der Waals surface area contributed by atoms with E-state index in [2.05, 4.69) is 51.8 Å². The van der Waals surface area contributed by atoms with Crippen molar-refractivity contribution in [1.29, 1.82) is 0 Å². The molecule has 0 aromatic heterocycles. The average molecular weight is 268 g/mol. The Labute approximate surface area is 121 Å². The van der Waals surface area contributed by atoms with Crippen molar-refractivity contribution >= 4 is 0 Å². The maximum atomic E-state index is 3.66. The maximum Gasteiger partial charge on any atom is 0.00474 e. The van der Waals surface area contributed by atoms with Crippen molar-refractivity contribution in [1.82, 2.24) is 10.2 Å². The molecule has 0 aromatic rings.